The lowest BCUT2D eigenvalue weighted by molar-refractivity contribution is -0.133. The first-order valence-electron chi connectivity index (χ1n) is 13.2. The van der Waals surface area contributed by atoms with Crippen LogP contribution in [-0.2, 0) is 4.79 Å². The van der Waals surface area contributed by atoms with Gasteiger partial charge in [-0.3, -0.25) is 9.69 Å². The Bertz CT molecular complexity index is 1220. The van der Waals surface area contributed by atoms with E-state index in [0.29, 0.717) is 25.6 Å². The first-order valence-corrected chi connectivity index (χ1v) is 13.2. The average Bonchev–Trinajstić information content (AvgIpc) is 3.48. The summed E-state index contributed by atoms with van der Waals surface area (Å²) >= 11 is 0. The van der Waals surface area contributed by atoms with Crippen molar-refractivity contribution in [2.45, 2.75) is 32.5 Å². The van der Waals surface area contributed by atoms with Gasteiger partial charge < -0.3 is 14.7 Å². The number of nitrogens with zero attached hydrogens (tertiary/aromatic N) is 6. The van der Waals surface area contributed by atoms with Crippen LogP contribution in [0.4, 0.5) is 15.8 Å². The number of rotatable bonds is 5. The third kappa shape index (κ3) is 4.43. The number of halogens is 1. The normalized spacial score (nSPS) is 23.1. The van der Waals surface area contributed by atoms with Crippen LogP contribution in [0.3, 0.4) is 0 Å². The lowest BCUT2D eigenvalue weighted by Gasteiger charge is -2.38. The molecule has 0 bridgehead atoms. The SMILES string of the molecule is CC(C)N1CCN(c2ccc(-c3cc4c(N5CCN(C(=O)[C@H]6C[C@@H]6F)CC5)ccnn4c3)cc2)CC1. The van der Waals surface area contributed by atoms with Gasteiger partial charge in [-0.25, -0.2) is 8.91 Å². The molecule has 6 rings (SSSR count). The smallest absolute Gasteiger partial charge is 0.228 e. The van der Waals surface area contributed by atoms with Gasteiger partial charge in [0.2, 0.25) is 5.91 Å². The van der Waals surface area contributed by atoms with E-state index in [1.165, 1.54) is 11.3 Å². The van der Waals surface area contributed by atoms with Crippen molar-refractivity contribution in [2.75, 3.05) is 62.2 Å². The van der Waals surface area contributed by atoms with E-state index < -0.39 is 12.1 Å². The number of hydrogen-bond acceptors (Lipinski definition) is 5. The van der Waals surface area contributed by atoms with Gasteiger partial charge in [0.25, 0.3) is 0 Å². The minimum atomic E-state index is -0.932. The number of benzene rings is 1. The molecule has 2 aromatic heterocycles. The number of anilines is 2. The monoisotopic (exact) mass is 490 g/mol. The van der Waals surface area contributed by atoms with Gasteiger partial charge in [-0.2, -0.15) is 5.10 Å². The van der Waals surface area contributed by atoms with E-state index in [1.807, 2.05) is 15.6 Å². The van der Waals surface area contributed by atoms with E-state index >= 15 is 0 Å². The Hall–Kier alpha value is -3.13. The molecule has 0 N–H and O–H groups in total. The molecule has 3 aromatic rings. The van der Waals surface area contributed by atoms with Crippen molar-refractivity contribution < 1.29 is 9.18 Å². The third-order valence-corrected chi connectivity index (χ3v) is 8.06. The van der Waals surface area contributed by atoms with Gasteiger partial charge in [0.05, 0.1) is 17.1 Å². The lowest BCUT2D eigenvalue weighted by atomic mass is 10.1. The van der Waals surface area contributed by atoms with Crippen molar-refractivity contribution in [1.82, 2.24) is 19.4 Å². The van der Waals surface area contributed by atoms with Gasteiger partial charge in [-0.1, -0.05) is 12.1 Å². The number of hydrogen-bond donors (Lipinski definition) is 0. The zero-order chi connectivity index (χ0) is 24.8. The fourth-order valence-electron chi connectivity index (χ4n) is 5.61. The number of amides is 1. The maximum atomic E-state index is 13.3. The fraction of sp³-hybridized carbons (Fsp3) is 0.500. The third-order valence-electron chi connectivity index (χ3n) is 8.06. The molecule has 8 heteroatoms. The van der Waals surface area contributed by atoms with E-state index in [-0.39, 0.29) is 5.91 Å². The van der Waals surface area contributed by atoms with E-state index in [9.17, 15) is 9.18 Å². The van der Waals surface area contributed by atoms with E-state index in [4.69, 9.17) is 0 Å². The first-order chi connectivity index (χ1) is 17.5. The summed E-state index contributed by atoms with van der Waals surface area (Å²) in [6.07, 6.45) is 3.39. The highest BCUT2D eigenvalue weighted by Crippen LogP contribution is 2.36. The quantitative estimate of drug-likeness (QED) is 0.548. The molecule has 190 valence electrons. The van der Waals surface area contributed by atoms with Crippen LogP contribution in [0.2, 0.25) is 0 Å². The van der Waals surface area contributed by atoms with Crippen molar-refractivity contribution in [3.05, 3.63) is 48.8 Å². The molecular formula is C28H35FN6O. The molecule has 0 unspecified atom stereocenters. The Balaban J connectivity index is 1.15. The van der Waals surface area contributed by atoms with Crippen LogP contribution >= 0.6 is 0 Å². The summed E-state index contributed by atoms with van der Waals surface area (Å²) in [5, 5.41) is 4.55. The van der Waals surface area contributed by atoms with Crippen LogP contribution in [0.15, 0.2) is 48.8 Å². The number of aromatic nitrogens is 2. The van der Waals surface area contributed by atoms with Crippen molar-refractivity contribution in [3.63, 3.8) is 0 Å². The Kier molecular flexibility index (Phi) is 6.07. The lowest BCUT2D eigenvalue weighted by Crippen LogP contribution is -2.49. The van der Waals surface area contributed by atoms with Gasteiger partial charge in [-0.05, 0) is 50.1 Å². The Labute approximate surface area is 212 Å². The van der Waals surface area contributed by atoms with E-state index in [1.54, 1.807) is 0 Å². The summed E-state index contributed by atoms with van der Waals surface area (Å²) in [5.41, 5.74) is 5.78. The van der Waals surface area contributed by atoms with Gasteiger partial charge in [0.15, 0.2) is 0 Å². The molecule has 36 heavy (non-hydrogen) atoms. The molecule has 1 aromatic carbocycles. The standard InChI is InChI=1S/C28H35FN6O/c1-20(2)31-9-11-32(12-10-31)23-5-3-21(4-6-23)22-17-27-26(7-8-30-35(27)19-22)33-13-15-34(16-14-33)28(36)24-18-25(24)29/h3-8,17,19-20,24-25H,9-16,18H2,1-2H3/t24-,25-/m0/s1. The highest BCUT2D eigenvalue weighted by Gasteiger charge is 2.46. The second-order valence-corrected chi connectivity index (χ2v) is 10.6. The average molecular weight is 491 g/mol. The predicted molar refractivity (Wildman–Crippen MR) is 141 cm³/mol. The summed E-state index contributed by atoms with van der Waals surface area (Å²) in [5.74, 6) is -0.411. The van der Waals surface area contributed by atoms with Crippen LogP contribution in [0.25, 0.3) is 16.6 Å². The van der Waals surface area contributed by atoms with Gasteiger partial charge >= 0.3 is 0 Å². The first kappa shape index (κ1) is 23.3. The number of fused-ring (bicyclic) bond motifs is 1. The van der Waals surface area contributed by atoms with Gasteiger partial charge in [-0.15, -0.1) is 0 Å². The molecule has 3 fully saturated rings. The number of carbonyl (C=O) groups is 1. The maximum absolute atomic E-state index is 13.3. The molecule has 0 spiro atoms. The van der Waals surface area contributed by atoms with Crippen molar-refractivity contribution in [3.8, 4) is 11.1 Å². The summed E-state index contributed by atoms with van der Waals surface area (Å²) in [4.78, 5) is 21.5. The molecular weight excluding hydrogens is 455 g/mol. The molecule has 1 amide bonds. The van der Waals surface area contributed by atoms with Crippen LogP contribution < -0.4 is 9.80 Å². The molecule has 1 saturated carbocycles. The molecule has 4 heterocycles. The van der Waals surface area contributed by atoms with Crippen LogP contribution in [0, 0.1) is 5.92 Å². The summed E-state index contributed by atoms with van der Waals surface area (Å²) in [7, 11) is 0. The molecule has 7 nitrogen and oxygen atoms in total. The molecule has 1 aliphatic carbocycles. The highest BCUT2D eigenvalue weighted by molar-refractivity contribution is 5.83. The summed E-state index contributed by atoms with van der Waals surface area (Å²) < 4.78 is 15.3. The Morgan fingerprint density at radius 3 is 2.22 bits per heavy atom. The zero-order valence-corrected chi connectivity index (χ0v) is 21.2. The van der Waals surface area contributed by atoms with E-state index in [2.05, 4.69) is 76.2 Å². The van der Waals surface area contributed by atoms with Gasteiger partial charge in [0, 0.05) is 82.0 Å². The molecule has 2 saturated heterocycles. The Morgan fingerprint density at radius 2 is 1.58 bits per heavy atom. The second-order valence-electron chi connectivity index (χ2n) is 10.6. The largest absolute Gasteiger partial charge is 0.369 e. The molecule has 2 atom stereocenters. The fourth-order valence-corrected chi connectivity index (χ4v) is 5.61. The maximum Gasteiger partial charge on any atom is 0.228 e. The summed E-state index contributed by atoms with van der Waals surface area (Å²) in [6, 6.07) is 13.7. The van der Waals surface area contributed by atoms with Crippen LogP contribution in [0.5, 0.6) is 0 Å². The molecule has 0 radical (unpaired) electrons. The minimum Gasteiger partial charge on any atom is -0.369 e. The second kappa shape index (κ2) is 9.39. The highest BCUT2D eigenvalue weighted by atomic mass is 19.1. The van der Waals surface area contributed by atoms with Crippen molar-refractivity contribution in [2.24, 2.45) is 5.92 Å². The minimum absolute atomic E-state index is 0.0164. The van der Waals surface area contributed by atoms with Crippen molar-refractivity contribution in [1.29, 1.82) is 0 Å². The van der Waals surface area contributed by atoms with Crippen LogP contribution in [-0.4, -0.2) is 89.9 Å². The number of carbonyl (C=O) groups excluding carboxylic acids is 1. The Morgan fingerprint density at radius 1 is 0.917 bits per heavy atom. The van der Waals surface area contributed by atoms with E-state index in [0.717, 1.165) is 56.0 Å². The molecule has 3 aliphatic rings. The number of piperazine rings is 2. The predicted octanol–water partition coefficient (Wildman–Crippen LogP) is 3.54. The molecule has 2 aliphatic heterocycles. The van der Waals surface area contributed by atoms with Gasteiger partial charge in [0.1, 0.15) is 6.17 Å². The topological polar surface area (TPSA) is 47.3 Å². The summed E-state index contributed by atoms with van der Waals surface area (Å²) in [6.45, 7) is 11.6. The van der Waals surface area contributed by atoms with Crippen molar-refractivity contribution >= 4 is 22.8 Å². The number of alkyl halides is 1. The van der Waals surface area contributed by atoms with Crippen LogP contribution in [0.1, 0.15) is 20.3 Å². The zero-order valence-electron chi connectivity index (χ0n) is 21.2.